The molecule has 24 heavy (non-hydrogen) atoms. The molecule has 0 unspecified atom stereocenters. The largest absolute Gasteiger partial charge is 0.252 e. The van der Waals surface area contributed by atoms with Gasteiger partial charge in [-0.1, -0.05) is 60.1 Å². The van der Waals surface area contributed by atoms with Gasteiger partial charge in [-0.15, -0.1) is 11.3 Å². The van der Waals surface area contributed by atoms with Crippen LogP contribution in [0.2, 0.25) is 5.02 Å². The van der Waals surface area contributed by atoms with Crippen molar-refractivity contribution in [2.45, 2.75) is 6.92 Å². The molecule has 0 aliphatic rings. The number of hydrogen-bond acceptors (Lipinski definition) is 4. The first-order valence-corrected chi connectivity index (χ1v) is 8.71. The molecular formula is C19H16ClN3S. The van der Waals surface area contributed by atoms with E-state index in [1.54, 1.807) is 0 Å². The Bertz CT molecular complexity index is 852. The Morgan fingerprint density at radius 1 is 1.12 bits per heavy atom. The first-order valence-electron chi connectivity index (χ1n) is 7.45. The second-order valence-corrected chi connectivity index (χ2v) is 6.45. The number of allylic oxidation sites excluding steroid dienone is 1. The predicted molar refractivity (Wildman–Crippen MR) is 105 cm³/mol. The number of nitrogens with one attached hydrogen (secondary N) is 1. The van der Waals surface area contributed by atoms with Crippen molar-refractivity contribution in [1.82, 2.24) is 4.98 Å². The number of anilines is 1. The maximum atomic E-state index is 5.91. The Labute approximate surface area is 150 Å². The molecule has 0 radical (unpaired) electrons. The van der Waals surface area contributed by atoms with Crippen LogP contribution >= 0.6 is 22.9 Å². The summed E-state index contributed by atoms with van der Waals surface area (Å²) in [5, 5.41) is 7.81. The van der Waals surface area contributed by atoms with Crippen LogP contribution in [0.25, 0.3) is 17.3 Å². The quantitative estimate of drug-likeness (QED) is 0.453. The number of rotatable bonds is 5. The Morgan fingerprint density at radius 2 is 1.88 bits per heavy atom. The molecule has 1 N–H and O–H groups in total. The Hall–Kier alpha value is -2.43. The minimum Gasteiger partial charge on any atom is -0.252 e. The van der Waals surface area contributed by atoms with Gasteiger partial charge in [0, 0.05) is 16.0 Å². The van der Waals surface area contributed by atoms with Crippen LogP contribution in [0.5, 0.6) is 0 Å². The minimum atomic E-state index is 0.720. The maximum Gasteiger partial charge on any atom is 0.203 e. The standard InChI is InChI=1S/C19H16ClN3S/c1-14(7-8-15-5-3-2-4-6-15)22-23-19-21-18(13-24-19)16-9-11-17(20)12-10-16/h2-13H,1H3,(H,21,23)/b8-7+,22-14-. The molecule has 1 heterocycles. The zero-order chi connectivity index (χ0) is 16.8. The molecule has 5 heteroatoms. The Morgan fingerprint density at radius 3 is 2.62 bits per heavy atom. The van der Waals surface area contributed by atoms with Crippen LogP contribution in [0.4, 0.5) is 5.13 Å². The smallest absolute Gasteiger partial charge is 0.203 e. The molecule has 120 valence electrons. The number of hydrazone groups is 1. The fourth-order valence-electron chi connectivity index (χ4n) is 2.03. The van der Waals surface area contributed by atoms with Gasteiger partial charge in [0.25, 0.3) is 0 Å². The minimum absolute atomic E-state index is 0.720. The van der Waals surface area contributed by atoms with E-state index in [4.69, 9.17) is 11.6 Å². The monoisotopic (exact) mass is 353 g/mol. The zero-order valence-corrected chi connectivity index (χ0v) is 14.7. The predicted octanol–water partition coefficient (Wildman–Crippen LogP) is 5.96. The topological polar surface area (TPSA) is 37.3 Å². The van der Waals surface area contributed by atoms with Gasteiger partial charge in [-0.2, -0.15) is 5.10 Å². The first-order chi connectivity index (χ1) is 11.7. The van der Waals surface area contributed by atoms with Crippen LogP contribution < -0.4 is 5.43 Å². The number of thiazole rings is 1. The van der Waals surface area contributed by atoms with Crippen LogP contribution in [0.3, 0.4) is 0 Å². The van der Waals surface area contributed by atoms with E-state index in [1.807, 2.05) is 66.9 Å². The molecule has 0 fully saturated rings. The van der Waals surface area contributed by atoms with E-state index in [9.17, 15) is 0 Å². The van der Waals surface area contributed by atoms with Gasteiger partial charge >= 0.3 is 0 Å². The van der Waals surface area contributed by atoms with Gasteiger partial charge < -0.3 is 0 Å². The number of aromatic nitrogens is 1. The van der Waals surface area contributed by atoms with Crippen molar-refractivity contribution in [2.24, 2.45) is 5.10 Å². The number of halogens is 1. The molecule has 0 atom stereocenters. The number of hydrogen-bond donors (Lipinski definition) is 1. The van der Waals surface area contributed by atoms with Crippen molar-refractivity contribution in [1.29, 1.82) is 0 Å². The lowest BCUT2D eigenvalue weighted by Gasteiger charge is -1.97. The molecule has 3 rings (SSSR count). The highest BCUT2D eigenvalue weighted by Crippen LogP contribution is 2.25. The second kappa shape index (κ2) is 7.90. The van der Waals surface area contributed by atoms with Crippen LogP contribution in [0, 0.1) is 0 Å². The van der Waals surface area contributed by atoms with Crippen LogP contribution in [0.15, 0.2) is 71.2 Å². The number of nitrogens with zero attached hydrogens (tertiary/aromatic N) is 2. The highest BCUT2D eigenvalue weighted by molar-refractivity contribution is 7.14. The molecule has 0 saturated carbocycles. The van der Waals surface area contributed by atoms with E-state index in [0.29, 0.717) is 0 Å². The zero-order valence-electron chi connectivity index (χ0n) is 13.1. The number of benzene rings is 2. The summed E-state index contributed by atoms with van der Waals surface area (Å²) in [6, 6.07) is 17.8. The van der Waals surface area contributed by atoms with E-state index in [0.717, 1.165) is 32.7 Å². The van der Waals surface area contributed by atoms with Crippen molar-refractivity contribution in [2.75, 3.05) is 5.43 Å². The van der Waals surface area contributed by atoms with Crippen molar-refractivity contribution >= 4 is 39.9 Å². The molecule has 3 aromatic rings. The highest BCUT2D eigenvalue weighted by atomic mass is 35.5. The Kier molecular flexibility index (Phi) is 5.41. The molecule has 0 saturated heterocycles. The van der Waals surface area contributed by atoms with E-state index in [-0.39, 0.29) is 0 Å². The summed E-state index contributed by atoms with van der Waals surface area (Å²) in [6.45, 7) is 1.94. The van der Waals surface area contributed by atoms with Gasteiger partial charge in [0.2, 0.25) is 5.13 Å². The molecule has 0 bridgehead atoms. The second-order valence-electron chi connectivity index (χ2n) is 5.15. The summed E-state index contributed by atoms with van der Waals surface area (Å²) in [4.78, 5) is 4.53. The van der Waals surface area contributed by atoms with Gasteiger partial charge in [0.1, 0.15) is 0 Å². The molecule has 1 aromatic heterocycles. The Balaban J connectivity index is 1.64. The van der Waals surface area contributed by atoms with Crippen molar-refractivity contribution in [3.8, 4) is 11.3 Å². The SMILES string of the molecule is CC(/C=C/c1ccccc1)=N/Nc1nc(-c2ccc(Cl)cc2)cs1. The summed E-state index contributed by atoms with van der Waals surface area (Å²) < 4.78 is 0. The average Bonchev–Trinajstić information content (AvgIpc) is 3.09. The summed E-state index contributed by atoms with van der Waals surface area (Å²) in [5.74, 6) is 0. The summed E-state index contributed by atoms with van der Waals surface area (Å²) in [6.07, 6.45) is 4.00. The maximum absolute atomic E-state index is 5.91. The molecule has 3 nitrogen and oxygen atoms in total. The van der Waals surface area contributed by atoms with Gasteiger partial charge in [0.05, 0.1) is 11.4 Å². The normalized spacial score (nSPS) is 11.8. The van der Waals surface area contributed by atoms with Gasteiger partial charge in [-0.3, -0.25) is 5.43 Å². The van der Waals surface area contributed by atoms with Crippen molar-refractivity contribution < 1.29 is 0 Å². The van der Waals surface area contributed by atoms with E-state index >= 15 is 0 Å². The lowest BCUT2D eigenvalue weighted by molar-refractivity contribution is 1.28. The van der Waals surface area contributed by atoms with Crippen molar-refractivity contribution in [3.63, 3.8) is 0 Å². The van der Waals surface area contributed by atoms with E-state index in [1.165, 1.54) is 11.3 Å². The van der Waals surface area contributed by atoms with Crippen LogP contribution in [0.1, 0.15) is 12.5 Å². The van der Waals surface area contributed by atoms with E-state index < -0.39 is 0 Å². The summed E-state index contributed by atoms with van der Waals surface area (Å²) in [7, 11) is 0. The lowest BCUT2D eigenvalue weighted by atomic mass is 10.2. The molecule has 0 amide bonds. The third-order valence-electron chi connectivity index (χ3n) is 3.29. The van der Waals surface area contributed by atoms with Gasteiger partial charge in [-0.25, -0.2) is 4.98 Å². The van der Waals surface area contributed by atoms with Gasteiger partial charge in [0.15, 0.2) is 0 Å². The molecule has 0 aliphatic heterocycles. The molecule has 0 spiro atoms. The molecule has 0 aliphatic carbocycles. The van der Waals surface area contributed by atoms with E-state index in [2.05, 4.69) is 27.6 Å². The fraction of sp³-hybridized carbons (Fsp3) is 0.0526. The molecular weight excluding hydrogens is 338 g/mol. The van der Waals surface area contributed by atoms with Crippen LogP contribution in [-0.2, 0) is 0 Å². The first kappa shape index (κ1) is 16.4. The average molecular weight is 354 g/mol. The molecule has 2 aromatic carbocycles. The summed E-state index contributed by atoms with van der Waals surface area (Å²) in [5.41, 5.74) is 6.97. The summed E-state index contributed by atoms with van der Waals surface area (Å²) >= 11 is 7.43. The fourth-order valence-corrected chi connectivity index (χ4v) is 2.82. The van der Waals surface area contributed by atoms with Gasteiger partial charge in [-0.05, 0) is 30.7 Å². The highest BCUT2D eigenvalue weighted by Gasteiger charge is 2.03. The van der Waals surface area contributed by atoms with Crippen molar-refractivity contribution in [3.05, 3.63) is 76.6 Å². The van der Waals surface area contributed by atoms with Crippen LogP contribution in [-0.4, -0.2) is 10.7 Å². The third-order valence-corrected chi connectivity index (χ3v) is 4.29. The third kappa shape index (κ3) is 4.54. The lowest BCUT2D eigenvalue weighted by Crippen LogP contribution is -1.94.